The molecule has 194 valence electrons. The maximum Gasteiger partial charge on any atom is 0.191 e. The first-order valence-electron chi connectivity index (χ1n) is 13.1. The van der Waals surface area contributed by atoms with Gasteiger partial charge in [-0.2, -0.15) is 0 Å². The molecule has 1 aromatic rings. The predicted molar refractivity (Wildman–Crippen MR) is 139 cm³/mol. The number of ether oxygens (including phenoxy) is 4. The summed E-state index contributed by atoms with van der Waals surface area (Å²) in [5.41, 5.74) is 1.06. The lowest BCUT2D eigenvalue weighted by Gasteiger charge is -2.46. The molecule has 2 fully saturated rings. The topological polar surface area (TPSA) is 46.2 Å². The fraction of sp³-hybridized carbons (Fsp3) is 0.786. The van der Waals surface area contributed by atoms with E-state index in [4.69, 9.17) is 23.4 Å². The average molecular weight is 493 g/mol. The molecule has 5 nitrogen and oxygen atoms in total. The molecule has 6 heteroatoms. The molecule has 0 aromatic heterocycles. The standard InChI is InChI=1S/C28H48O5Si/c1-19(18-30-34(8,9)28(4,5)6)26-21(3)25(17-24-16-23(29-7)15-20(2)31-24)32-27(33-26)22-13-11-10-12-14-22/h10-14,19-21,23-27H,15-18H2,1-9H3/t19-,20+,21+,23-,24-,25-,26-,27?/m1/s1. The second-order valence-corrected chi connectivity index (χ2v) is 16.9. The molecule has 2 aliphatic heterocycles. The van der Waals surface area contributed by atoms with Crippen LogP contribution in [-0.2, 0) is 23.4 Å². The molecular formula is C28H48O5Si. The summed E-state index contributed by atoms with van der Waals surface area (Å²) in [5, 5.41) is 0.191. The maximum absolute atomic E-state index is 6.63. The highest BCUT2D eigenvalue weighted by molar-refractivity contribution is 6.74. The van der Waals surface area contributed by atoms with Crippen LogP contribution in [0.3, 0.4) is 0 Å². The summed E-state index contributed by atoms with van der Waals surface area (Å²) in [6.45, 7) is 18.9. The van der Waals surface area contributed by atoms with Gasteiger partial charge in [-0.3, -0.25) is 0 Å². The van der Waals surface area contributed by atoms with Gasteiger partial charge in [-0.05, 0) is 37.9 Å². The van der Waals surface area contributed by atoms with E-state index in [9.17, 15) is 0 Å². The lowest BCUT2D eigenvalue weighted by Crippen LogP contribution is -2.49. The summed E-state index contributed by atoms with van der Waals surface area (Å²) >= 11 is 0. The normalized spacial score (nSPS) is 34.1. The number of rotatable bonds is 8. The second-order valence-electron chi connectivity index (χ2n) is 12.1. The molecule has 0 aliphatic carbocycles. The van der Waals surface area contributed by atoms with Gasteiger partial charge >= 0.3 is 0 Å². The lowest BCUT2D eigenvalue weighted by molar-refractivity contribution is -0.288. The number of benzene rings is 1. The van der Waals surface area contributed by atoms with Crippen molar-refractivity contribution < 1.29 is 23.4 Å². The zero-order chi connectivity index (χ0) is 25.1. The van der Waals surface area contributed by atoms with Crippen LogP contribution in [0.4, 0.5) is 0 Å². The molecule has 0 N–H and O–H groups in total. The van der Waals surface area contributed by atoms with Crippen LogP contribution in [0.5, 0.6) is 0 Å². The first-order valence-corrected chi connectivity index (χ1v) is 16.0. The van der Waals surface area contributed by atoms with Gasteiger partial charge in [0.25, 0.3) is 0 Å². The summed E-state index contributed by atoms with van der Waals surface area (Å²) in [6, 6.07) is 10.3. The van der Waals surface area contributed by atoms with Crippen molar-refractivity contribution in [3.05, 3.63) is 35.9 Å². The third-order valence-corrected chi connectivity index (χ3v) is 12.7. The van der Waals surface area contributed by atoms with Crippen molar-refractivity contribution in [2.24, 2.45) is 11.8 Å². The highest BCUT2D eigenvalue weighted by Gasteiger charge is 2.43. The Bertz CT molecular complexity index is 749. The van der Waals surface area contributed by atoms with E-state index in [-0.39, 0.29) is 53.7 Å². The van der Waals surface area contributed by atoms with E-state index in [1.165, 1.54) is 0 Å². The number of hydrogen-bond acceptors (Lipinski definition) is 5. The molecule has 3 rings (SSSR count). The molecule has 1 unspecified atom stereocenters. The minimum absolute atomic E-state index is 0.0482. The lowest BCUT2D eigenvalue weighted by atomic mass is 9.84. The molecule has 2 saturated heterocycles. The SMILES string of the molecule is CO[C@H]1C[C@H](C[C@H]2OC(c3ccccc3)O[C@H]([C@H](C)CO[Si](C)(C)C(C)(C)C)[C@H]2C)O[C@@H](C)C1. The van der Waals surface area contributed by atoms with E-state index in [1.54, 1.807) is 7.11 Å². The maximum atomic E-state index is 6.63. The van der Waals surface area contributed by atoms with Crippen molar-refractivity contribution in [1.82, 2.24) is 0 Å². The summed E-state index contributed by atoms with van der Waals surface area (Å²) in [4.78, 5) is 0. The molecule has 8 atom stereocenters. The van der Waals surface area contributed by atoms with Crippen molar-refractivity contribution in [2.45, 2.75) is 116 Å². The van der Waals surface area contributed by atoms with Gasteiger partial charge in [0.1, 0.15) is 0 Å². The summed E-state index contributed by atoms with van der Waals surface area (Å²) in [7, 11) is -0.0221. The minimum atomic E-state index is -1.83. The first kappa shape index (κ1) is 27.8. The summed E-state index contributed by atoms with van der Waals surface area (Å²) in [5.74, 6) is 0.500. The van der Waals surface area contributed by atoms with Crippen molar-refractivity contribution in [3.63, 3.8) is 0 Å². The molecular weight excluding hydrogens is 444 g/mol. The third kappa shape index (κ3) is 6.92. The van der Waals surface area contributed by atoms with E-state index < -0.39 is 8.32 Å². The fourth-order valence-corrected chi connectivity index (χ4v) is 6.05. The smallest absolute Gasteiger partial charge is 0.191 e. The monoisotopic (exact) mass is 492 g/mol. The van der Waals surface area contributed by atoms with Crippen LogP contribution in [0, 0.1) is 11.8 Å². The van der Waals surface area contributed by atoms with E-state index in [2.05, 4.69) is 66.8 Å². The van der Waals surface area contributed by atoms with Crippen molar-refractivity contribution in [2.75, 3.05) is 13.7 Å². The molecule has 0 spiro atoms. The summed E-state index contributed by atoms with van der Waals surface area (Å²) in [6.07, 6.45) is 3.03. The average Bonchev–Trinajstić information content (AvgIpc) is 2.78. The Hall–Kier alpha value is -0.763. The van der Waals surface area contributed by atoms with Crippen molar-refractivity contribution >= 4 is 8.32 Å². The molecule has 2 aliphatic rings. The highest BCUT2D eigenvalue weighted by atomic mass is 28.4. The number of hydrogen-bond donors (Lipinski definition) is 0. The Morgan fingerprint density at radius 2 is 1.71 bits per heavy atom. The zero-order valence-electron chi connectivity index (χ0n) is 22.9. The van der Waals surface area contributed by atoms with Gasteiger partial charge in [0, 0.05) is 37.5 Å². The van der Waals surface area contributed by atoms with Crippen LogP contribution < -0.4 is 0 Å². The molecule has 0 radical (unpaired) electrons. The molecule has 0 amide bonds. The van der Waals surface area contributed by atoms with Crippen LogP contribution in [0.15, 0.2) is 30.3 Å². The van der Waals surface area contributed by atoms with Gasteiger partial charge in [0.2, 0.25) is 0 Å². The van der Waals surface area contributed by atoms with Crippen molar-refractivity contribution in [1.29, 1.82) is 0 Å². The Morgan fingerprint density at radius 1 is 1.03 bits per heavy atom. The van der Waals surface area contributed by atoms with E-state index in [0.29, 0.717) is 6.61 Å². The van der Waals surface area contributed by atoms with Crippen LogP contribution in [0.25, 0.3) is 0 Å². The van der Waals surface area contributed by atoms with E-state index >= 15 is 0 Å². The Labute approximate surface area is 209 Å². The predicted octanol–water partition coefficient (Wildman–Crippen LogP) is 6.74. The molecule has 34 heavy (non-hydrogen) atoms. The fourth-order valence-electron chi connectivity index (χ4n) is 4.94. The number of methoxy groups -OCH3 is 1. The quantitative estimate of drug-likeness (QED) is 0.376. The van der Waals surface area contributed by atoms with Crippen LogP contribution in [-0.4, -0.2) is 52.6 Å². The highest BCUT2D eigenvalue weighted by Crippen LogP contribution is 2.41. The van der Waals surface area contributed by atoms with Crippen LogP contribution in [0.2, 0.25) is 18.1 Å². The molecule has 0 saturated carbocycles. The van der Waals surface area contributed by atoms with E-state index in [0.717, 1.165) is 24.8 Å². The van der Waals surface area contributed by atoms with Gasteiger partial charge in [0.05, 0.1) is 30.5 Å². The Kier molecular flexibility index (Phi) is 9.43. The van der Waals surface area contributed by atoms with Gasteiger partial charge in [-0.1, -0.05) is 65.0 Å². The molecule has 1 aromatic carbocycles. The van der Waals surface area contributed by atoms with Gasteiger partial charge in [0.15, 0.2) is 14.6 Å². The zero-order valence-corrected chi connectivity index (χ0v) is 23.9. The van der Waals surface area contributed by atoms with Crippen LogP contribution in [0.1, 0.15) is 72.7 Å². The van der Waals surface area contributed by atoms with Gasteiger partial charge in [-0.15, -0.1) is 0 Å². The Balaban J connectivity index is 1.75. The Morgan fingerprint density at radius 3 is 2.32 bits per heavy atom. The van der Waals surface area contributed by atoms with Crippen molar-refractivity contribution in [3.8, 4) is 0 Å². The van der Waals surface area contributed by atoms with E-state index in [1.807, 2.05) is 18.2 Å². The van der Waals surface area contributed by atoms with Gasteiger partial charge in [-0.25, -0.2) is 0 Å². The minimum Gasteiger partial charge on any atom is -0.416 e. The summed E-state index contributed by atoms with van der Waals surface area (Å²) < 4.78 is 31.8. The van der Waals surface area contributed by atoms with Crippen LogP contribution >= 0.6 is 0 Å². The third-order valence-electron chi connectivity index (χ3n) is 8.20. The molecule has 0 bridgehead atoms. The van der Waals surface area contributed by atoms with Gasteiger partial charge < -0.3 is 23.4 Å². The largest absolute Gasteiger partial charge is 0.416 e. The first-order chi connectivity index (χ1) is 15.9. The molecule has 2 heterocycles. The second kappa shape index (κ2) is 11.5.